The summed E-state index contributed by atoms with van der Waals surface area (Å²) in [6.45, 7) is 2.29. The molecule has 1 saturated heterocycles. The number of benzene rings is 1. The molecule has 15 heavy (non-hydrogen) atoms. The third-order valence-corrected chi connectivity index (χ3v) is 4.21. The molecule has 2 N–H and O–H groups in total. The standard InChI is InChI=1S/C11H14ClNOS/c12-10-4-2-1-3-9(10)11(5-13)15-8-6-14-7-8/h1-4,8,11H,5-7,13H2. The molecule has 2 rings (SSSR count). The number of halogens is 1. The molecule has 0 saturated carbocycles. The summed E-state index contributed by atoms with van der Waals surface area (Å²) in [5, 5.41) is 1.67. The molecule has 4 heteroatoms. The largest absolute Gasteiger partial charge is 0.379 e. The molecular formula is C11H14ClNOS. The van der Waals surface area contributed by atoms with Crippen LogP contribution >= 0.6 is 23.4 Å². The van der Waals surface area contributed by atoms with Crippen LogP contribution in [0.15, 0.2) is 24.3 Å². The Morgan fingerprint density at radius 2 is 2.20 bits per heavy atom. The van der Waals surface area contributed by atoms with Gasteiger partial charge in [0.15, 0.2) is 0 Å². The van der Waals surface area contributed by atoms with E-state index in [1.807, 2.05) is 36.0 Å². The average Bonchev–Trinajstić information content (AvgIpc) is 2.19. The molecule has 1 aromatic rings. The summed E-state index contributed by atoms with van der Waals surface area (Å²) in [7, 11) is 0. The third kappa shape index (κ3) is 2.67. The topological polar surface area (TPSA) is 35.2 Å². The van der Waals surface area contributed by atoms with Crippen molar-refractivity contribution in [1.29, 1.82) is 0 Å². The van der Waals surface area contributed by atoms with E-state index in [-0.39, 0.29) is 5.25 Å². The van der Waals surface area contributed by atoms with Crippen LogP contribution in [-0.4, -0.2) is 25.0 Å². The van der Waals surface area contributed by atoms with Crippen molar-refractivity contribution in [2.45, 2.75) is 10.5 Å². The van der Waals surface area contributed by atoms with Crippen molar-refractivity contribution in [3.63, 3.8) is 0 Å². The Morgan fingerprint density at radius 3 is 2.73 bits per heavy atom. The van der Waals surface area contributed by atoms with Crippen LogP contribution in [0, 0.1) is 0 Å². The maximum absolute atomic E-state index is 6.14. The highest BCUT2D eigenvalue weighted by molar-refractivity contribution is 8.00. The van der Waals surface area contributed by atoms with Crippen LogP contribution in [-0.2, 0) is 4.74 Å². The molecule has 0 spiro atoms. The van der Waals surface area contributed by atoms with Crippen LogP contribution in [0.3, 0.4) is 0 Å². The highest BCUT2D eigenvalue weighted by atomic mass is 35.5. The molecule has 82 valence electrons. The van der Waals surface area contributed by atoms with Crippen LogP contribution in [0.5, 0.6) is 0 Å². The van der Waals surface area contributed by atoms with Gasteiger partial charge in [-0.25, -0.2) is 0 Å². The average molecular weight is 244 g/mol. The molecule has 1 fully saturated rings. The molecule has 0 bridgehead atoms. The zero-order chi connectivity index (χ0) is 10.7. The van der Waals surface area contributed by atoms with Gasteiger partial charge in [-0.1, -0.05) is 29.8 Å². The Kier molecular flexibility index (Phi) is 3.92. The van der Waals surface area contributed by atoms with Gasteiger partial charge < -0.3 is 10.5 Å². The van der Waals surface area contributed by atoms with E-state index >= 15 is 0 Å². The minimum atomic E-state index is 0.285. The summed E-state index contributed by atoms with van der Waals surface area (Å²) in [6.07, 6.45) is 0. The Morgan fingerprint density at radius 1 is 1.47 bits per heavy atom. The summed E-state index contributed by atoms with van der Waals surface area (Å²) >= 11 is 8.01. The summed E-state index contributed by atoms with van der Waals surface area (Å²) in [5.74, 6) is 0. The molecule has 1 atom stereocenters. The van der Waals surface area contributed by atoms with Gasteiger partial charge in [0.05, 0.1) is 18.5 Å². The highest BCUT2D eigenvalue weighted by Gasteiger charge is 2.24. The molecule has 2 nitrogen and oxygen atoms in total. The van der Waals surface area contributed by atoms with Gasteiger partial charge in [-0.3, -0.25) is 0 Å². The Labute approximate surface area is 99.1 Å². The van der Waals surface area contributed by atoms with E-state index in [1.165, 1.54) is 0 Å². The Balaban J connectivity index is 2.07. The number of hydrogen-bond acceptors (Lipinski definition) is 3. The predicted octanol–water partition coefficient (Wildman–Crippen LogP) is 2.47. The zero-order valence-electron chi connectivity index (χ0n) is 8.36. The van der Waals surface area contributed by atoms with Crippen molar-refractivity contribution in [1.82, 2.24) is 0 Å². The van der Waals surface area contributed by atoms with Crippen LogP contribution in [0.4, 0.5) is 0 Å². The predicted molar refractivity (Wildman–Crippen MR) is 65.4 cm³/mol. The molecule has 1 heterocycles. The quantitative estimate of drug-likeness (QED) is 0.883. The second kappa shape index (κ2) is 5.21. The number of thioether (sulfide) groups is 1. The van der Waals surface area contributed by atoms with Gasteiger partial charge in [0.2, 0.25) is 0 Å². The lowest BCUT2D eigenvalue weighted by Crippen LogP contribution is -2.32. The molecule has 1 unspecified atom stereocenters. The minimum Gasteiger partial charge on any atom is -0.379 e. The smallest absolute Gasteiger partial charge is 0.0608 e. The van der Waals surface area contributed by atoms with Gasteiger partial charge in [0.25, 0.3) is 0 Å². The summed E-state index contributed by atoms with van der Waals surface area (Å²) in [6, 6.07) is 7.90. The van der Waals surface area contributed by atoms with E-state index in [1.54, 1.807) is 0 Å². The minimum absolute atomic E-state index is 0.285. The Hall–Kier alpha value is -0.220. The van der Waals surface area contributed by atoms with Gasteiger partial charge in [-0.15, -0.1) is 11.8 Å². The lowest BCUT2D eigenvalue weighted by molar-refractivity contribution is 0.0453. The van der Waals surface area contributed by atoms with E-state index in [0.717, 1.165) is 23.8 Å². The molecule has 1 aromatic carbocycles. The fourth-order valence-corrected chi connectivity index (χ4v) is 3.13. The summed E-state index contributed by atoms with van der Waals surface area (Å²) in [4.78, 5) is 0. The maximum Gasteiger partial charge on any atom is 0.0608 e. The van der Waals surface area contributed by atoms with Crippen molar-refractivity contribution >= 4 is 23.4 Å². The second-order valence-electron chi connectivity index (χ2n) is 3.54. The SMILES string of the molecule is NCC(SC1COC1)c1ccccc1Cl. The van der Waals surface area contributed by atoms with E-state index in [2.05, 4.69) is 0 Å². The first-order chi connectivity index (χ1) is 7.31. The van der Waals surface area contributed by atoms with Crippen LogP contribution in [0.25, 0.3) is 0 Å². The van der Waals surface area contributed by atoms with Crippen LogP contribution < -0.4 is 5.73 Å². The molecule has 0 radical (unpaired) electrons. The van der Waals surface area contributed by atoms with E-state index < -0.39 is 0 Å². The fourth-order valence-electron chi connectivity index (χ4n) is 1.52. The first-order valence-electron chi connectivity index (χ1n) is 4.99. The molecule has 1 aliphatic heterocycles. The Bertz CT molecular complexity index is 330. The summed E-state index contributed by atoms with van der Waals surface area (Å²) in [5.41, 5.74) is 6.92. The first-order valence-corrected chi connectivity index (χ1v) is 6.31. The van der Waals surface area contributed by atoms with Crippen molar-refractivity contribution in [3.8, 4) is 0 Å². The number of hydrogen-bond donors (Lipinski definition) is 1. The highest BCUT2D eigenvalue weighted by Crippen LogP contribution is 2.37. The summed E-state index contributed by atoms with van der Waals surface area (Å²) < 4.78 is 5.15. The first kappa shape index (κ1) is 11.3. The van der Waals surface area contributed by atoms with Gasteiger partial charge in [0.1, 0.15) is 0 Å². The number of ether oxygens (including phenoxy) is 1. The molecule has 1 aliphatic rings. The van der Waals surface area contributed by atoms with Crippen molar-refractivity contribution in [2.75, 3.05) is 19.8 Å². The molecular weight excluding hydrogens is 230 g/mol. The van der Waals surface area contributed by atoms with E-state index in [9.17, 15) is 0 Å². The van der Waals surface area contributed by atoms with Crippen molar-refractivity contribution in [2.24, 2.45) is 5.73 Å². The lowest BCUT2D eigenvalue weighted by atomic mass is 10.1. The van der Waals surface area contributed by atoms with Gasteiger partial charge in [-0.05, 0) is 11.6 Å². The van der Waals surface area contributed by atoms with Gasteiger partial charge in [0, 0.05) is 16.8 Å². The van der Waals surface area contributed by atoms with Crippen molar-refractivity contribution < 1.29 is 4.74 Å². The molecule has 0 aliphatic carbocycles. The maximum atomic E-state index is 6.14. The fraction of sp³-hybridized carbons (Fsp3) is 0.455. The molecule has 0 aromatic heterocycles. The zero-order valence-corrected chi connectivity index (χ0v) is 9.93. The second-order valence-corrected chi connectivity index (χ2v) is 5.46. The number of rotatable bonds is 4. The third-order valence-electron chi connectivity index (χ3n) is 2.43. The van der Waals surface area contributed by atoms with Crippen LogP contribution in [0.2, 0.25) is 5.02 Å². The van der Waals surface area contributed by atoms with E-state index in [4.69, 9.17) is 22.1 Å². The lowest BCUT2D eigenvalue weighted by Gasteiger charge is -2.29. The number of nitrogens with two attached hydrogens (primary N) is 1. The van der Waals surface area contributed by atoms with E-state index in [0.29, 0.717) is 11.8 Å². The monoisotopic (exact) mass is 243 g/mol. The van der Waals surface area contributed by atoms with Gasteiger partial charge in [-0.2, -0.15) is 0 Å². The van der Waals surface area contributed by atoms with Crippen molar-refractivity contribution in [3.05, 3.63) is 34.9 Å². The normalized spacial score (nSPS) is 18.5. The molecule has 0 amide bonds. The van der Waals surface area contributed by atoms with Gasteiger partial charge >= 0.3 is 0 Å². The van der Waals surface area contributed by atoms with Crippen LogP contribution in [0.1, 0.15) is 10.8 Å².